The first-order chi connectivity index (χ1) is 9.65. The van der Waals surface area contributed by atoms with Gasteiger partial charge in [0.05, 0.1) is 6.20 Å². The van der Waals surface area contributed by atoms with Crippen molar-refractivity contribution >= 4 is 11.9 Å². The van der Waals surface area contributed by atoms with Crippen LogP contribution < -0.4 is 22.3 Å². The van der Waals surface area contributed by atoms with Crippen molar-refractivity contribution in [2.45, 2.75) is 6.54 Å². The van der Waals surface area contributed by atoms with Gasteiger partial charge in [0.2, 0.25) is 6.54 Å². The van der Waals surface area contributed by atoms with Crippen molar-refractivity contribution in [2.75, 3.05) is 6.54 Å². The SMILES string of the molecule is O=C(O)CNC(=O)C[n+]1ccc(-c2nccnn2)cc1.[Cl-]. The molecular weight excluding hydrogens is 298 g/mol. The number of nitrogens with one attached hydrogen (secondary N) is 1. The first-order valence-corrected chi connectivity index (χ1v) is 5.77. The van der Waals surface area contributed by atoms with E-state index in [1.165, 1.54) is 6.20 Å². The molecule has 1 amide bonds. The minimum atomic E-state index is -1.08. The van der Waals surface area contributed by atoms with Crippen LogP contribution in [0.4, 0.5) is 0 Å². The lowest BCUT2D eigenvalue weighted by atomic mass is 10.2. The number of rotatable bonds is 5. The summed E-state index contributed by atoms with van der Waals surface area (Å²) < 4.78 is 1.62. The molecule has 0 aliphatic carbocycles. The molecule has 0 saturated carbocycles. The van der Waals surface area contributed by atoms with Crippen molar-refractivity contribution in [1.29, 1.82) is 0 Å². The van der Waals surface area contributed by atoms with Crippen LogP contribution in [-0.4, -0.2) is 38.7 Å². The Bertz CT molecular complexity index is 606. The number of hydrogen-bond acceptors (Lipinski definition) is 5. The summed E-state index contributed by atoms with van der Waals surface area (Å²) >= 11 is 0. The van der Waals surface area contributed by atoms with Crippen molar-refractivity contribution in [3.63, 3.8) is 0 Å². The summed E-state index contributed by atoms with van der Waals surface area (Å²) in [6.07, 6.45) is 6.40. The summed E-state index contributed by atoms with van der Waals surface area (Å²) in [6, 6.07) is 3.50. The Morgan fingerprint density at radius 3 is 2.52 bits per heavy atom. The van der Waals surface area contributed by atoms with E-state index in [0.717, 1.165) is 5.56 Å². The Morgan fingerprint density at radius 1 is 1.24 bits per heavy atom. The van der Waals surface area contributed by atoms with E-state index in [1.807, 2.05) is 0 Å². The summed E-state index contributed by atoms with van der Waals surface area (Å²) in [4.78, 5) is 25.8. The van der Waals surface area contributed by atoms with Crippen molar-refractivity contribution < 1.29 is 31.7 Å². The third kappa shape index (κ3) is 5.11. The van der Waals surface area contributed by atoms with Gasteiger partial charge in [0, 0.05) is 23.9 Å². The van der Waals surface area contributed by atoms with Crippen LogP contribution in [-0.2, 0) is 16.1 Å². The second-order valence-electron chi connectivity index (χ2n) is 3.90. The molecule has 0 unspecified atom stereocenters. The maximum Gasteiger partial charge on any atom is 0.322 e. The third-order valence-corrected chi connectivity index (χ3v) is 2.39. The van der Waals surface area contributed by atoms with Crippen molar-refractivity contribution in [1.82, 2.24) is 20.5 Å². The van der Waals surface area contributed by atoms with Gasteiger partial charge in [-0.25, -0.2) is 4.98 Å². The van der Waals surface area contributed by atoms with Crippen LogP contribution in [0.25, 0.3) is 11.4 Å². The van der Waals surface area contributed by atoms with Gasteiger partial charge in [-0.1, -0.05) is 0 Å². The molecule has 2 rings (SSSR count). The van der Waals surface area contributed by atoms with Gasteiger partial charge in [-0.15, -0.1) is 5.10 Å². The lowest BCUT2D eigenvalue weighted by Crippen LogP contribution is -3.00. The molecule has 0 bridgehead atoms. The number of amides is 1. The highest BCUT2D eigenvalue weighted by Gasteiger charge is 2.11. The van der Waals surface area contributed by atoms with Crippen molar-refractivity contribution in [3.8, 4) is 11.4 Å². The molecule has 0 spiro atoms. The number of pyridine rings is 1. The topological polar surface area (TPSA) is 109 Å². The highest BCUT2D eigenvalue weighted by Crippen LogP contribution is 2.09. The Morgan fingerprint density at radius 2 is 1.95 bits per heavy atom. The van der Waals surface area contributed by atoms with Gasteiger partial charge < -0.3 is 22.8 Å². The van der Waals surface area contributed by atoms with E-state index in [4.69, 9.17) is 5.11 Å². The number of nitrogens with zero attached hydrogens (tertiary/aromatic N) is 4. The molecular formula is C12H12ClN5O3. The molecule has 21 heavy (non-hydrogen) atoms. The van der Waals surface area contributed by atoms with Crippen molar-refractivity contribution in [2.24, 2.45) is 0 Å². The van der Waals surface area contributed by atoms with Gasteiger partial charge in [0.15, 0.2) is 18.2 Å². The molecule has 110 valence electrons. The highest BCUT2D eigenvalue weighted by molar-refractivity contribution is 5.80. The minimum absolute atomic E-state index is 0. The summed E-state index contributed by atoms with van der Waals surface area (Å²) in [6.45, 7) is -0.345. The van der Waals surface area contributed by atoms with Gasteiger partial charge in [0.1, 0.15) is 6.54 Å². The second-order valence-corrected chi connectivity index (χ2v) is 3.90. The number of carboxylic acids is 1. The molecule has 0 fully saturated rings. The van der Waals surface area contributed by atoms with E-state index in [0.29, 0.717) is 5.82 Å². The fourth-order valence-electron chi connectivity index (χ4n) is 1.49. The molecule has 0 atom stereocenters. The van der Waals surface area contributed by atoms with E-state index in [-0.39, 0.29) is 31.4 Å². The van der Waals surface area contributed by atoms with E-state index in [2.05, 4.69) is 20.5 Å². The lowest BCUT2D eigenvalue weighted by Gasteiger charge is -2.00. The minimum Gasteiger partial charge on any atom is -1.00 e. The number of aromatic nitrogens is 4. The fourth-order valence-corrected chi connectivity index (χ4v) is 1.49. The standard InChI is InChI=1S/C12H11N5O3.ClH/c18-10(14-7-11(19)20)8-17-5-1-9(2-6-17)12-13-3-4-15-16-12;/h1-6H,7-8H2,(H-,14,18,19,20);1H. The van der Waals surface area contributed by atoms with E-state index >= 15 is 0 Å². The summed E-state index contributed by atoms with van der Waals surface area (Å²) in [7, 11) is 0. The molecule has 9 heteroatoms. The monoisotopic (exact) mass is 309 g/mol. The summed E-state index contributed by atoms with van der Waals surface area (Å²) in [5.41, 5.74) is 0.778. The zero-order chi connectivity index (χ0) is 14.4. The second kappa shape index (κ2) is 7.85. The van der Waals surface area contributed by atoms with Gasteiger partial charge in [-0.3, -0.25) is 9.59 Å². The maximum atomic E-state index is 11.4. The van der Waals surface area contributed by atoms with Crippen LogP contribution in [0.15, 0.2) is 36.9 Å². The number of aliphatic carboxylic acids is 1. The number of halogens is 1. The van der Waals surface area contributed by atoms with Gasteiger partial charge in [0.25, 0.3) is 5.91 Å². The summed E-state index contributed by atoms with van der Waals surface area (Å²) in [5.74, 6) is -0.954. The number of carbonyl (C=O) groups is 2. The average Bonchev–Trinajstić information content (AvgIpc) is 2.47. The maximum absolute atomic E-state index is 11.4. The van der Waals surface area contributed by atoms with Gasteiger partial charge in [-0.2, -0.15) is 9.67 Å². The molecule has 0 aromatic carbocycles. The first-order valence-electron chi connectivity index (χ1n) is 5.77. The zero-order valence-electron chi connectivity index (χ0n) is 10.8. The van der Waals surface area contributed by atoms with Crippen LogP contribution in [0.2, 0.25) is 0 Å². The number of carboxylic acid groups (broad SMARTS) is 1. The molecule has 2 aromatic heterocycles. The van der Waals surface area contributed by atoms with Crippen LogP contribution in [0.1, 0.15) is 0 Å². The predicted octanol–water partition coefficient (Wildman–Crippen LogP) is -3.97. The van der Waals surface area contributed by atoms with Crippen LogP contribution >= 0.6 is 0 Å². The van der Waals surface area contributed by atoms with Crippen LogP contribution in [0.5, 0.6) is 0 Å². The molecule has 8 nitrogen and oxygen atoms in total. The van der Waals surface area contributed by atoms with Crippen LogP contribution in [0.3, 0.4) is 0 Å². The molecule has 0 radical (unpaired) electrons. The number of hydrogen-bond donors (Lipinski definition) is 2. The predicted molar refractivity (Wildman–Crippen MR) is 66.1 cm³/mol. The zero-order valence-corrected chi connectivity index (χ0v) is 11.6. The fraction of sp³-hybridized carbons (Fsp3) is 0.167. The Kier molecular flexibility index (Phi) is 6.15. The number of carbonyl (C=O) groups excluding carboxylic acids is 1. The smallest absolute Gasteiger partial charge is 0.322 e. The molecule has 2 heterocycles. The quantitative estimate of drug-likeness (QED) is 0.545. The Hall–Kier alpha value is -2.61. The molecule has 0 aliphatic rings. The Balaban J connectivity index is 0.00000220. The van der Waals surface area contributed by atoms with E-state index in [1.54, 1.807) is 35.3 Å². The molecule has 2 N–H and O–H groups in total. The van der Waals surface area contributed by atoms with Gasteiger partial charge in [-0.05, 0) is 0 Å². The summed E-state index contributed by atoms with van der Waals surface area (Å²) in [5, 5.41) is 18.3. The molecule has 0 aliphatic heterocycles. The first kappa shape index (κ1) is 16.4. The molecule has 2 aromatic rings. The average molecular weight is 310 g/mol. The van der Waals surface area contributed by atoms with E-state index in [9.17, 15) is 9.59 Å². The van der Waals surface area contributed by atoms with Gasteiger partial charge >= 0.3 is 5.97 Å². The van der Waals surface area contributed by atoms with Crippen molar-refractivity contribution in [3.05, 3.63) is 36.9 Å². The highest BCUT2D eigenvalue weighted by atomic mass is 35.5. The van der Waals surface area contributed by atoms with E-state index < -0.39 is 5.97 Å². The largest absolute Gasteiger partial charge is 1.00 e. The lowest BCUT2D eigenvalue weighted by molar-refractivity contribution is -0.684. The Labute approximate surface area is 126 Å². The van der Waals surface area contributed by atoms with Crippen LogP contribution in [0, 0.1) is 0 Å². The third-order valence-electron chi connectivity index (χ3n) is 2.39. The molecule has 0 saturated heterocycles. The normalized spacial score (nSPS) is 9.52.